The number of para-hydroxylation sites is 1. The quantitative estimate of drug-likeness (QED) is 0.249. The largest absolute Gasteiger partial charge is 0.460 e. The molecule has 0 N–H and O–H groups in total. The standard InChI is InChI=1S/C27H24F4O3/c1-18(2)24(14-12-20-11-13-21(16-25(20)28)27(29,30)31)26(32)33-17-19-7-6-10-23(15-19)34-22-8-4-3-5-9-22/h3-16,18,24H,17H2,1-2H3/b14-12+. The Morgan fingerprint density at radius 2 is 1.65 bits per heavy atom. The van der Waals surface area contributed by atoms with Gasteiger partial charge in [-0.2, -0.15) is 13.2 Å². The molecule has 0 aromatic heterocycles. The molecule has 0 bridgehead atoms. The maximum Gasteiger partial charge on any atom is 0.416 e. The molecule has 3 nitrogen and oxygen atoms in total. The first-order chi connectivity index (χ1) is 16.1. The molecule has 3 aromatic rings. The molecule has 0 radical (unpaired) electrons. The van der Waals surface area contributed by atoms with Gasteiger partial charge in [0.15, 0.2) is 0 Å². The van der Waals surface area contributed by atoms with Crippen LogP contribution in [0.4, 0.5) is 17.6 Å². The lowest BCUT2D eigenvalue weighted by Crippen LogP contribution is -2.20. The normalized spacial score (nSPS) is 12.7. The predicted molar refractivity (Wildman–Crippen MR) is 122 cm³/mol. The molecule has 3 rings (SSSR count). The van der Waals surface area contributed by atoms with Gasteiger partial charge in [0.1, 0.15) is 23.9 Å². The van der Waals surface area contributed by atoms with Crippen molar-refractivity contribution in [3.63, 3.8) is 0 Å². The lowest BCUT2D eigenvalue weighted by molar-refractivity contribution is -0.149. The fourth-order valence-corrected chi connectivity index (χ4v) is 3.19. The number of benzene rings is 3. The molecule has 7 heteroatoms. The highest BCUT2D eigenvalue weighted by atomic mass is 19.4. The van der Waals surface area contributed by atoms with E-state index >= 15 is 0 Å². The smallest absolute Gasteiger partial charge is 0.416 e. The van der Waals surface area contributed by atoms with Crippen molar-refractivity contribution in [1.82, 2.24) is 0 Å². The predicted octanol–water partition coefficient (Wildman–Crippen LogP) is 7.67. The van der Waals surface area contributed by atoms with Gasteiger partial charge in [0.25, 0.3) is 0 Å². The molecule has 1 atom stereocenters. The molecular weight excluding hydrogens is 448 g/mol. The van der Waals surface area contributed by atoms with Gasteiger partial charge in [0, 0.05) is 5.56 Å². The van der Waals surface area contributed by atoms with Gasteiger partial charge < -0.3 is 9.47 Å². The van der Waals surface area contributed by atoms with E-state index in [1.54, 1.807) is 38.1 Å². The molecule has 0 saturated heterocycles. The van der Waals surface area contributed by atoms with Crippen LogP contribution in [0.1, 0.15) is 30.5 Å². The Bertz CT molecular complexity index is 1140. The maximum atomic E-state index is 14.1. The maximum absolute atomic E-state index is 14.1. The highest BCUT2D eigenvalue weighted by molar-refractivity contribution is 5.76. The first kappa shape index (κ1) is 25.0. The van der Waals surface area contributed by atoms with Crippen LogP contribution in [0.15, 0.2) is 78.9 Å². The monoisotopic (exact) mass is 472 g/mol. The minimum Gasteiger partial charge on any atom is -0.460 e. The van der Waals surface area contributed by atoms with E-state index in [0.717, 1.165) is 17.7 Å². The van der Waals surface area contributed by atoms with Crippen LogP contribution in [-0.2, 0) is 22.3 Å². The molecule has 0 fully saturated rings. The summed E-state index contributed by atoms with van der Waals surface area (Å²) >= 11 is 0. The van der Waals surface area contributed by atoms with Crippen molar-refractivity contribution in [2.75, 3.05) is 0 Å². The van der Waals surface area contributed by atoms with E-state index in [-0.39, 0.29) is 18.1 Å². The number of ether oxygens (including phenoxy) is 2. The van der Waals surface area contributed by atoms with Crippen molar-refractivity contribution >= 4 is 12.0 Å². The molecule has 34 heavy (non-hydrogen) atoms. The van der Waals surface area contributed by atoms with Crippen LogP contribution in [0, 0.1) is 17.7 Å². The first-order valence-electron chi connectivity index (χ1n) is 10.7. The van der Waals surface area contributed by atoms with Gasteiger partial charge in [-0.1, -0.05) is 62.4 Å². The second-order valence-electron chi connectivity index (χ2n) is 8.03. The Hall–Kier alpha value is -3.61. The summed E-state index contributed by atoms with van der Waals surface area (Å²) < 4.78 is 63.5. The molecule has 0 heterocycles. The summed E-state index contributed by atoms with van der Waals surface area (Å²) in [5.41, 5.74) is -0.389. The molecule has 178 valence electrons. The van der Waals surface area contributed by atoms with Gasteiger partial charge in [-0.25, -0.2) is 4.39 Å². The van der Waals surface area contributed by atoms with E-state index in [1.807, 2.05) is 30.3 Å². The Balaban J connectivity index is 1.65. The summed E-state index contributed by atoms with van der Waals surface area (Å²) in [6.07, 6.45) is -1.87. The molecule has 0 saturated carbocycles. The topological polar surface area (TPSA) is 35.5 Å². The van der Waals surface area contributed by atoms with E-state index in [4.69, 9.17) is 9.47 Å². The van der Waals surface area contributed by atoms with Crippen molar-refractivity contribution in [2.24, 2.45) is 11.8 Å². The Kier molecular flexibility index (Phi) is 8.10. The third-order valence-corrected chi connectivity index (χ3v) is 5.06. The molecular formula is C27H24F4O3. The Labute approximate surface area is 195 Å². The van der Waals surface area contributed by atoms with Crippen molar-refractivity contribution < 1.29 is 31.8 Å². The van der Waals surface area contributed by atoms with Crippen molar-refractivity contribution in [2.45, 2.75) is 26.6 Å². The number of esters is 1. The van der Waals surface area contributed by atoms with Gasteiger partial charge in [-0.15, -0.1) is 0 Å². The first-order valence-corrected chi connectivity index (χ1v) is 10.7. The number of carbonyl (C=O) groups excluding carboxylic acids is 1. The molecule has 0 aliphatic carbocycles. The van der Waals surface area contributed by atoms with Crippen LogP contribution >= 0.6 is 0 Å². The van der Waals surface area contributed by atoms with E-state index in [0.29, 0.717) is 17.6 Å². The number of rotatable bonds is 8. The zero-order chi connectivity index (χ0) is 24.7. The van der Waals surface area contributed by atoms with E-state index < -0.39 is 29.4 Å². The van der Waals surface area contributed by atoms with E-state index in [1.165, 1.54) is 12.2 Å². The number of hydrogen-bond acceptors (Lipinski definition) is 3. The zero-order valence-corrected chi connectivity index (χ0v) is 18.7. The minimum absolute atomic E-state index is 0.0104. The van der Waals surface area contributed by atoms with Crippen LogP contribution in [0.5, 0.6) is 11.5 Å². The zero-order valence-electron chi connectivity index (χ0n) is 18.7. The van der Waals surface area contributed by atoms with Gasteiger partial charge >= 0.3 is 12.1 Å². The fraction of sp³-hybridized carbons (Fsp3) is 0.222. The lowest BCUT2D eigenvalue weighted by Gasteiger charge is -2.16. The lowest BCUT2D eigenvalue weighted by atomic mass is 9.94. The average Bonchev–Trinajstić information content (AvgIpc) is 2.79. The van der Waals surface area contributed by atoms with Gasteiger partial charge in [-0.3, -0.25) is 4.79 Å². The average molecular weight is 472 g/mol. The van der Waals surface area contributed by atoms with Gasteiger partial charge in [0.2, 0.25) is 0 Å². The second kappa shape index (κ2) is 11.0. The highest BCUT2D eigenvalue weighted by Crippen LogP contribution is 2.31. The Morgan fingerprint density at radius 1 is 0.941 bits per heavy atom. The van der Waals surface area contributed by atoms with Crippen molar-refractivity contribution in [1.29, 1.82) is 0 Å². The summed E-state index contributed by atoms with van der Waals surface area (Å²) in [6.45, 7) is 3.61. The van der Waals surface area contributed by atoms with Crippen molar-refractivity contribution in [3.8, 4) is 11.5 Å². The number of carbonyl (C=O) groups is 1. The van der Waals surface area contributed by atoms with E-state index in [9.17, 15) is 22.4 Å². The molecule has 0 amide bonds. The van der Waals surface area contributed by atoms with Crippen LogP contribution in [0.25, 0.3) is 6.08 Å². The van der Waals surface area contributed by atoms with E-state index in [2.05, 4.69) is 0 Å². The minimum atomic E-state index is -4.63. The molecule has 0 spiro atoms. The molecule has 0 aliphatic heterocycles. The number of alkyl halides is 3. The number of halogens is 4. The van der Waals surface area contributed by atoms with Crippen LogP contribution in [0.2, 0.25) is 0 Å². The van der Waals surface area contributed by atoms with Gasteiger partial charge in [-0.05, 0) is 47.9 Å². The summed E-state index contributed by atoms with van der Waals surface area (Å²) in [4.78, 5) is 12.7. The van der Waals surface area contributed by atoms with Crippen LogP contribution < -0.4 is 4.74 Å². The van der Waals surface area contributed by atoms with Crippen molar-refractivity contribution in [3.05, 3.63) is 101 Å². The summed E-state index contributed by atoms with van der Waals surface area (Å²) in [7, 11) is 0. The Morgan fingerprint density at radius 3 is 2.29 bits per heavy atom. The highest BCUT2D eigenvalue weighted by Gasteiger charge is 2.31. The van der Waals surface area contributed by atoms with Gasteiger partial charge in [0.05, 0.1) is 11.5 Å². The van der Waals surface area contributed by atoms with Crippen LogP contribution in [0.3, 0.4) is 0 Å². The molecule has 0 aliphatic rings. The SMILES string of the molecule is CC(C)C(/C=C/c1ccc(C(F)(F)F)cc1F)C(=O)OCc1cccc(Oc2ccccc2)c1. The fourth-order valence-electron chi connectivity index (χ4n) is 3.19. The summed E-state index contributed by atoms with van der Waals surface area (Å²) in [5.74, 6) is -1.14. The second-order valence-corrected chi connectivity index (χ2v) is 8.03. The number of hydrogen-bond donors (Lipinski definition) is 0. The molecule has 1 unspecified atom stereocenters. The summed E-state index contributed by atoms with van der Waals surface area (Å²) in [5, 5.41) is 0. The summed E-state index contributed by atoms with van der Waals surface area (Å²) in [6, 6.07) is 18.7. The third-order valence-electron chi connectivity index (χ3n) is 5.06. The third kappa shape index (κ3) is 6.94. The molecule has 3 aromatic carbocycles. The van der Waals surface area contributed by atoms with Crippen LogP contribution in [-0.4, -0.2) is 5.97 Å².